The molecule has 0 saturated carbocycles. The number of rotatable bonds is 2. The molecule has 0 aliphatic carbocycles. The summed E-state index contributed by atoms with van der Waals surface area (Å²) in [4.78, 5) is 12.7. The normalized spacial score (nSPS) is 13.5. The second-order valence-corrected chi connectivity index (χ2v) is 5.37. The van der Waals surface area contributed by atoms with Crippen molar-refractivity contribution in [1.82, 2.24) is 0 Å². The van der Waals surface area contributed by atoms with Gasteiger partial charge in [-0.2, -0.15) is 0 Å². The van der Waals surface area contributed by atoms with Crippen LogP contribution in [0.4, 0.5) is 0 Å². The van der Waals surface area contributed by atoms with Gasteiger partial charge in [-0.05, 0) is 55.5 Å². The minimum absolute atomic E-state index is 0.0480. The number of carbonyl (C=O) groups is 1. The summed E-state index contributed by atoms with van der Waals surface area (Å²) in [6.07, 6.45) is 2.01. The molecule has 0 atom stereocenters. The first kappa shape index (κ1) is 12.9. The van der Waals surface area contributed by atoms with Crippen molar-refractivity contribution in [1.29, 1.82) is 0 Å². The maximum Gasteiger partial charge on any atom is 0.196 e. The molecule has 0 radical (unpaired) electrons. The van der Waals surface area contributed by atoms with Crippen LogP contribution in [0.3, 0.4) is 0 Å². The van der Waals surface area contributed by atoms with E-state index in [2.05, 4.69) is 6.92 Å². The molecule has 0 amide bonds. The number of carbonyl (C=O) groups excluding carboxylic acids is 1. The van der Waals surface area contributed by atoms with E-state index in [9.17, 15) is 4.79 Å². The van der Waals surface area contributed by atoms with Crippen molar-refractivity contribution in [2.24, 2.45) is 0 Å². The number of para-hydroxylation sites is 1. The maximum atomic E-state index is 12.7. The van der Waals surface area contributed by atoms with Crippen LogP contribution in [0.25, 0.3) is 0 Å². The summed E-state index contributed by atoms with van der Waals surface area (Å²) in [5, 5.41) is 0. The molecule has 1 aliphatic heterocycles. The highest BCUT2D eigenvalue weighted by atomic mass is 16.5. The molecule has 0 unspecified atom stereocenters. The van der Waals surface area contributed by atoms with Crippen LogP contribution in [0.2, 0.25) is 0 Å². The van der Waals surface area contributed by atoms with Gasteiger partial charge in [0.05, 0.1) is 12.2 Å². The van der Waals surface area contributed by atoms with Gasteiger partial charge in [0.25, 0.3) is 0 Å². The van der Waals surface area contributed by atoms with Crippen molar-refractivity contribution in [2.75, 3.05) is 6.61 Å². The topological polar surface area (TPSA) is 26.3 Å². The first-order chi connectivity index (χ1) is 9.66. The van der Waals surface area contributed by atoms with Crippen molar-refractivity contribution in [3.63, 3.8) is 0 Å². The molecule has 0 aromatic heterocycles. The monoisotopic (exact) mass is 266 g/mol. The Hall–Kier alpha value is -2.09. The zero-order chi connectivity index (χ0) is 14.1. The van der Waals surface area contributed by atoms with Gasteiger partial charge in [0.15, 0.2) is 5.78 Å². The van der Waals surface area contributed by atoms with Crippen LogP contribution in [0.15, 0.2) is 36.4 Å². The number of hydrogen-bond acceptors (Lipinski definition) is 2. The third-order valence-corrected chi connectivity index (χ3v) is 3.95. The Balaban J connectivity index is 2.04. The Bertz CT molecular complexity index is 671. The number of ether oxygens (including phenoxy) is 1. The van der Waals surface area contributed by atoms with E-state index < -0.39 is 0 Å². The average Bonchev–Trinajstić information content (AvgIpc) is 2.49. The van der Waals surface area contributed by atoms with E-state index in [1.807, 2.05) is 43.3 Å². The lowest BCUT2D eigenvalue weighted by Gasteiger charge is -2.19. The van der Waals surface area contributed by atoms with Gasteiger partial charge in [0, 0.05) is 5.56 Å². The SMILES string of the molecule is Cc1ccc(C(=O)c2cccc3c2OCCC3)cc1C. The van der Waals surface area contributed by atoms with Crippen LogP contribution in [-0.2, 0) is 6.42 Å². The van der Waals surface area contributed by atoms with Gasteiger partial charge >= 0.3 is 0 Å². The number of fused-ring (bicyclic) bond motifs is 1. The molecular formula is C18H18O2. The Morgan fingerprint density at radius 1 is 1.10 bits per heavy atom. The van der Waals surface area contributed by atoms with E-state index in [4.69, 9.17) is 4.74 Å². The van der Waals surface area contributed by atoms with E-state index in [1.54, 1.807) is 0 Å². The number of aryl methyl sites for hydroxylation is 3. The zero-order valence-corrected chi connectivity index (χ0v) is 11.9. The summed E-state index contributed by atoms with van der Waals surface area (Å²) in [5.41, 5.74) is 4.90. The van der Waals surface area contributed by atoms with E-state index in [1.165, 1.54) is 5.56 Å². The van der Waals surface area contributed by atoms with Crippen LogP contribution >= 0.6 is 0 Å². The largest absolute Gasteiger partial charge is 0.493 e. The van der Waals surface area contributed by atoms with Gasteiger partial charge in [-0.15, -0.1) is 0 Å². The Kier molecular flexibility index (Phi) is 3.31. The molecule has 1 aliphatic rings. The van der Waals surface area contributed by atoms with Crippen LogP contribution in [0, 0.1) is 13.8 Å². The predicted molar refractivity (Wildman–Crippen MR) is 79.6 cm³/mol. The molecule has 0 saturated heterocycles. The molecule has 0 fully saturated rings. The first-order valence-electron chi connectivity index (χ1n) is 7.03. The highest BCUT2D eigenvalue weighted by molar-refractivity contribution is 6.11. The fourth-order valence-electron chi connectivity index (χ4n) is 2.61. The predicted octanol–water partition coefficient (Wildman–Crippen LogP) is 3.86. The van der Waals surface area contributed by atoms with Gasteiger partial charge < -0.3 is 4.74 Å². The summed E-state index contributed by atoms with van der Waals surface area (Å²) in [6.45, 7) is 4.78. The quantitative estimate of drug-likeness (QED) is 0.771. The molecule has 2 aromatic carbocycles. The maximum absolute atomic E-state index is 12.7. The first-order valence-corrected chi connectivity index (χ1v) is 7.03. The minimum atomic E-state index is 0.0480. The van der Waals surface area contributed by atoms with E-state index in [0.717, 1.165) is 35.3 Å². The van der Waals surface area contributed by atoms with Gasteiger partial charge in [-0.25, -0.2) is 0 Å². The fourth-order valence-corrected chi connectivity index (χ4v) is 2.61. The lowest BCUT2D eigenvalue weighted by atomic mass is 9.95. The third-order valence-electron chi connectivity index (χ3n) is 3.95. The molecule has 0 bridgehead atoms. The molecule has 20 heavy (non-hydrogen) atoms. The third kappa shape index (κ3) is 2.22. The van der Waals surface area contributed by atoms with Crippen molar-refractivity contribution >= 4 is 5.78 Å². The zero-order valence-electron chi connectivity index (χ0n) is 11.9. The number of benzene rings is 2. The van der Waals surface area contributed by atoms with Crippen LogP contribution in [0.1, 0.15) is 39.0 Å². The van der Waals surface area contributed by atoms with Crippen molar-refractivity contribution in [3.8, 4) is 5.75 Å². The van der Waals surface area contributed by atoms with Crippen LogP contribution in [0.5, 0.6) is 5.75 Å². The lowest BCUT2D eigenvalue weighted by molar-refractivity contribution is 0.103. The van der Waals surface area contributed by atoms with Crippen LogP contribution in [-0.4, -0.2) is 12.4 Å². The van der Waals surface area contributed by atoms with Gasteiger partial charge in [0.2, 0.25) is 0 Å². The fraction of sp³-hybridized carbons (Fsp3) is 0.278. The highest BCUT2D eigenvalue weighted by Crippen LogP contribution is 2.30. The van der Waals surface area contributed by atoms with Crippen molar-refractivity contribution in [2.45, 2.75) is 26.7 Å². The molecular weight excluding hydrogens is 248 g/mol. The number of ketones is 1. The summed E-state index contributed by atoms with van der Waals surface area (Å²) < 4.78 is 5.73. The number of hydrogen-bond donors (Lipinski definition) is 0. The van der Waals surface area contributed by atoms with Gasteiger partial charge in [0.1, 0.15) is 5.75 Å². The van der Waals surface area contributed by atoms with Crippen LogP contribution < -0.4 is 4.74 Å². The Morgan fingerprint density at radius 3 is 2.75 bits per heavy atom. The lowest BCUT2D eigenvalue weighted by Crippen LogP contribution is -2.13. The highest BCUT2D eigenvalue weighted by Gasteiger charge is 2.20. The smallest absolute Gasteiger partial charge is 0.196 e. The summed E-state index contributed by atoms with van der Waals surface area (Å²) in [5.74, 6) is 0.828. The molecule has 2 aromatic rings. The second-order valence-electron chi connectivity index (χ2n) is 5.37. The molecule has 1 heterocycles. The molecule has 102 valence electrons. The molecule has 0 spiro atoms. The summed E-state index contributed by atoms with van der Waals surface area (Å²) >= 11 is 0. The molecule has 0 N–H and O–H groups in total. The summed E-state index contributed by atoms with van der Waals surface area (Å²) in [7, 11) is 0. The van der Waals surface area contributed by atoms with E-state index >= 15 is 0 Å². The minimum Gasteiger partial charge on any atom is -0.493 e. The Morgan fingerprint density at radius 2 is 1.95 bits per heavy atom. The Labute approximate surface area is 119 Å². The van der Waals surface area contributed by atoms with E-state index in [-0.39, 0.29) is 5.78 Å². The van der Waals surface area contributed by atoms with Gasteiger partial charge in [-0.1, -0.05) is 24.3 Å². The standard InChI is InChI=1S/C18H18O2/c1-12-8-9-15(11-13(12)2)17(19)16-7-3-5-14-6-4-10-20-18(14)16/h3,5,7-9,11H,4,6,10H2,1-2H3. The van der Waals surface area contributed by atoms with E-state index in [0.29, 0.717) is 12.2 Å². The molecule has 2 nitrogen and oxygen atoms in total. The molecule has 3 rings (SSSR count). The molecule has 2 heteroatoms. The summed E-state index contributed by atoms with van der Waals surface area (Å²) in [6, 6.07) is 11.7. The van der Waals surface area contributed by atoms with Crippen molar-refractivity contribution < 1.29 is 9.53 Å². The van der Waals surface area contributed by atoms with Gasteiger partial charge in [-0.3, -0.25) is 4.79 Å². The van der Waals surface area contributed by atoms with Crippen molar-refractivity contribution in [3.05, 3.63) is 64.2 Å². The second kappa shape index (κ2) is 5.12. The average molecular weight is 266 g/mol.